The van der Waals surface area contributed by atoms with E-state index in [1.165, 1.54) is 17.3 Å². The fourth-order valence-electron chi connectivity index (χ4n) is 4.19. The highest BCUT2D eigenvalue weighted by Gasteiger charge is 2.32. The summed E-state index contributed by atoms with van der Waals surface area (Å²) in [6.07, 6.45) is 1.83. The van der Waals surface area contributed by atoms with Crippen molar-refractivity contribution in [1.29, 1.82) is 0 Å². The van der Waals surface area contributed by atoms with Crippen LogP contribution >= 0.6 is 11.8 Å². The predicted molar refractivity (Wildman–Crippen MR) is 132 cm³/mol. The molecule has 3 aromatic rings. The average Bonchev–Trinajstić information content (AvgIpc) is 3.51. The van der Waals surface area contributed by atoms with Crippen molar-refractivity contribution in [1.82, 2.24) is 15.1 Å². The van der Waals surface area contributed by atoms with Gasteiger partial charge in [0.2, 0.25) is 11.8 Å². The Morgan fingerprint density at radius 2 is 1.88 bits per heavy atom. The number of benzene rings is 2. The summed E-state index contributed by atoms with van der Waals surface area (Å²) in [5.74, 6) is 2.23. The van der Waals surface area contributed by atoms with Gasteiger partial charge in [-0.15, -0.1) is 10.2 Å². The fraction of sp³-hybridized carbons (Fsp3) is 0.423. The van der Waals surface area contributed by atoms with Gasteiger partial charge in [-0.1, -0.05) is 44.7 Å². The van der Waals surface area contributed by atoms with Crippen molar-refractivity contribution >= 4 is 17.7 Å². The van der Waals surface area contributed by atoms with Gasteiger partial charge < -0.3 is 18.8 Å². The molecule has 0 bridgehead atoms. The highest BCUT2D eigenvalue weighted by atomic mass is 32.2. The molecule has 1 unspecified atom stereocenters. The lowest BCUT2D eigenvalue weighted by Crippen LogP contribution is -2.32. The Bertz CT molecular complexity index is 1140. The molecule has 2 aromatic carbocycles. The maximum Gasteiger partial charge on any atom is 0.277 e. The second-order valence-corrected chi connectivity index (χ2v) is 10.3. The SMILES string of the molecule is COc1ccc(OC)c(C2CCCN2C(=O)CSc2nnc(-c3ccc(C(C)(C)C)cc3)o2)c1. The molecule has 1 aliphatic rings. The molecular formula is C26H31N3O4S. The van der Waals surface area contributed by atoms with Gasteiger partial charge in [-0.05, 0) is 54.2 Å². The Morgan fingerprint density at radius 3 is 2.56 bits per heavy atom. The zero-order chi connectivity index (χ0) is 24.3. The quantitative estimate of drug-likeness (QED) is 0.412. The van der Waals surface area contributed by atoms with Crippen LogP contribution in [-0.4, -0.2) is 47.5 Å². The molecule has 1 saturated heterocycles. The summed E-state index contributed by atoms with van der Waals surface area (Å²) in [6.45, 7) is 7.24. The van der Waals surface area contributed by atoms with E-state index in [0.29, 0.717) is 17.7 Å². The summed E-state index contributed by atoms with van der Waals surface area (Å²) in [7, 11) is 3.28. The van der Waals surface area contributed by atoms with E-state index in [0.717, 1.165) is 35.5 Å². The minimum Gasteiger partial charge on any atom is -0.497 e. The topological polar surface area (TPSA) is 77.7 Å². The van der Waals surface area contributed by atoms with Gasteiger partial charge in [-0.2, -0.15) is 0 Å². The van der Waals surface area contributed by atoms with Gasteiger partial charge in [0, 0.05) is 17.7 Å². The van der Waals surface area contributed by atoms with E-state index < -0.39 is 0 Å². The van der Waals surface area contributed by atoms with Crippen LogP contribution in [0.5, 0.6) is 11.5 Å². The molecule has 34 heavy (non-hydrogen) atoms. The van der Waals surface area contributed by atoms with Gasteiger partial charge in [0.25, 0.3) is 5.22 Å². The van der Waals surface area contributed by atoms with E-state index in [-0.39, 0.29) is 23.1 Å². The average molecular weight is 482 g/mol. The molecule has 2 heterocycles. The first-order chi connectivity index (χ1) is 16.3. The number of rotatable bonds is 7. The molecule has 180 valence electrons. The Morgan fingerprint density at radius 1 is 1.12 bits per heavy atom. The van der Waals surface area contributed by atoms with Crippen LogP contribution in [0.25, 0.3) is 11.5 Å². The molecule has 8 heteroatoms. The maximum atomic E-state index is 13.1. The molecule has 7 nitrogen and oxygen atoms in total. The minimum absolute atomic E-state index is 0.0339. The lowest BCUT2D eigenvalue weighted by molar-refractivity contribution is -0.129. The number of hydrogen-bond acceptors (Lipinski definition) is 7. The second kappa shape index (κ2) is 10.1. The van der Waals surface area contributed by atoms with E-state index >= 15 is 0 Å². The molecule has 1 atom stereocenters. The fourth-order valence-corrected chi connectivity index (χ4v) is 4.84. The van der Waals surface area contributed by atoms with Crippen molar-refractivity contribution in [3.63, 3.8) is 0 Å². The molecule has 0 N–H and O–H groups in total. The molecule has 1 fully saturated rings. The van der Waals surface area contributed by atoms with Crippen molar-refractivity contribution in [2.45, 2.75) is 50.3 Å². The van der Waals surface area contributed by atoms with Crippen LogP contribution in [0.3, 0.4) is 0 Å². The van der Waals surface area contributed by atoms with Gasteiger partial charge in [0.15, 0.2) is 0 Å². The van der Waals surface area contributed by atoms with Crippen LogP contribution in [0.2, 0.25) is 0 Å². The summed E-state index contributed by atoms with van der Waals surface area (Å²) < 4.78 is 16.8. The van der Waals surface area contributed by atoms with Crippen LogP contribution < -0.4 is 9.47 Å². The number of hydrogen-bond donors (Lipinski definition) is 0. The molecule has 1 aromatic heterocycles. The van der Waals surface area contributed by atoms with E-state index in [4.69, 9.17) is 13.9 Å². The standard InChI is InChI=1S/C26H31N3O4S/c1-26(2,3)18-10-8-17(9-11-18)24-27-28-25(33-24)34-16-23(30)29-14-6-7-21(29)20-15-19(31-4)12-13-22(20)32-5/h8-13,15,21H,6-7,14,16H2,1-5H3. The molecule has 1 aliphatic heterocycles. The minimum atomic E-state index is -0.0438. The Labute approximate surface area is 204 Å². The molecule has 1 amide bonds. The van der Waals surface area contributed by atoms with E-state index in [1.807, 2.05) is 35.2 Å². The number of nitrogens with zero attached hydrogens (tertiary/aromatic N) is 3. The van der Waals surface area contributed by atoms with Gasteiger partial charge in [0.05, 0.1) is 26.0 Å². The van der Waals surface area contributed by atoms with Crippen molar-refractivity contribution in [2.24, 2.45) is 0 Å². The van der Waals surface area contributed by atoms with E-state index in [2.05, 4.69) is 43.1 Å². The van der Waals surface area contributed by atoms with Crippen LogP contribution in [0.4, 0.5) is 0 Å². The molecule has 0 spiro atoms. The summed E-state index contributed by atoms with van der Waals surface area (Å²) in [4.78, 5) is 15.0. The molecule has 0 radical (unpaired) electrons. The van der Waals surface area contributed by atoms with Crippen LogP contribution in [-0.2, 0) is 10.2 Å². The first kappa shape index (κ1) is 24.1. The number of carbonyl (C=O) groups excluding carboxylic acids is 1. The third-order valence-electron chi connectivity index (χ3n) is 6.09. The number of carbonyl (C=O) groups is 1. The first-order valence-corrected chi connectivity index (χ1v) is 12.4. The third-order valence-corrected chi connectivity index (χ3v) is 6.90. The van der Waals surface area contributed by atoms with Crippen LogP contribution in [0, 0.1) is 0 Å². The number of amides is 1. The Balaban J connectivity index is 1.42. The van der Waals surface area contributed by atoms with Crippen LogP contribution in [0.1, 0.15) is 50.8 Å². The Hall–Kier alpha value is -3.00. The largest absolute Gasteiger partial charge is 0.497 e. The summed E-state index contributed by atoms with van der Waals surface area (Å²) in [5.41, 5.74) is 3.15. The number of likely N-dealkylation sites (tertiary alicyclic amines) is 1. The second-order valence-electron chi connectivity index (χ2n) is 9.34. The summed E-state index contributed by atoms with van der Waals surface area (Å²) in [5, 5.41) is 8.68. The van der Waals surface area contributed by atoms with E-state index in [1.54, 1.807) is 14.2 Å². The monoisotopic (exact) mass is 481 g/mol. The number of methoxy groups -OCH3 is 2. The summed E-state index contributed by atoms with van der Waals surface area (Å²) >= 11 is 1.27. The van der Waals surface area contributed by atoms with Crippen molar-refractivity contribution in [3.8, 4) is 23.0 Å². The van der Waals surface area contributed by atoms with Gasteiger partial charge in [0.1, 0.15) is 11.5 Å². The van der Waals surface area contributed by atoms with Crippen LogP contribution in [0.15, 0.2) is 52.1 Å². The van der Waals surface area contributed by atoms with Gasteiger partial charge >= 0.3 is 0 Å². The Kier molecular flexibility index (Phi) is 7.16. The number of ether oxygens (including phenoxy) is 2. The molecular weight excluding hydrogens is 450 g/mol. The van der Waals surface area contributed by atoms with E-state index in [9.17, 15) is 4.79 Å². The zero-order valence-electron chi connectivity index (χ0n) is 20.3. The highest BCUT2D eigenvalue weighted by molar-refractivity contribution is 7.99. The number of aromatic nitrogens is 2. The highest BCUT2D eigenvalue weighted by Crippen LogP contribution is 2.39. The summed E-state index contributed by atoms with van der Waals surface area (Å²) in [6, 6.07) is 13.8. The number of thioether (sulfide) groups is 1. The van der Waals surface area contributed by atoms with Crippen molar-refractivity contribution in [2.75, 3.05) is 26.5 Å². The lowest BCUT2D eigenvalue weighted by atomic mass is 9.87. The molecule has 0 aliphatic carbocycles. The van der Waals surface area contributed by atoms with Crippen molar-refractivity contribution < 1.29 is 18.7 Å². The normalized spacial score (nSPS) is 16.0. The third kappa shape index (κ3) is 5.22. The maximum absolute atomic E-state index is 13.1. The molecule has 4 rings (SSSR count). The van der Waals surface area contributed by atoms with Crippen molar-refractivity contribution in [3.05, 3.63) is 53.6 Å². The first-order valence-electron chi connectivity index (χ1n) is 11.4. The predicted octanol–water partition coefficient (Wildman–Crippen LogP) is 5.51. The zero-order valence-corrected chi connectivity index (χ0v) is 21.1. The lowest BCUT2D eigenvalue weighted by Gasteiger charge is -2.26. The van der Waals surface area contributed by atoms with Gasteiger partial charge in [-0.25, -0.2) is 0 Å². The molecule has 0 saturated carbocycles. The smallest absolute Gasteiger partial charge is 0.277 e. The van der Waals surface area contributed by atoms with Gasteiger partial charge in [-0.3, -0.25) is 4.79 Å².